The molecule has 0 spiro atoms. The number of pyridine rings is 1. The Hall–Kier alpha value is -1.84. The first-order valence-electron chi connectivity index (χ1n) is 7.15. The first kappa shape index (κ1) is 14.1. The maximum atomic E-state index is 6.02. The Balaban J connectivity index is 2.17. The molecule has 4 heteroatoms. The molecule has 0 bridgehead atoms. The van der Waals surface area contributed by atoms with Gasteiger partial charge in [-0.25, -0.2) is 5.43 Å². The molecule has 2 heterocycles. The van der Waals surface area contributed by atoms with Crippen molar-refractivity contribution in [3.8, 4) is 0 Å². The van der Waals surface area contributed by atoms with Crippen molar-refractivity contribution in [2.45, 2.75) is 19.9 Å². The van der Waals surface area contributed by atoms with Crippen LogP contribution in [0.4, 0.5) is 0 Å². The molecule has 2 aromatic rings. The molecule has 0 saturated carbocycles. The Labute approximate surface area is 130 Å². The lowest BCUT2D eigenvalue weighted by atomic mass is 9.96. The quantitative estimate of drug-likeness (QED) is 0.933. The Morgan fingerprint density at radius 3 is 2.38 bits per heavy atom. The highest BCUT2D eigenvalue weighted by atomic mass is 35.5. The zero-order valence-corrected chi connectivity index (χ0v) is 12.9. The molecule has 21 heavy (non-hydrogen) atoms. The van der Waals surface area contributed by atoms with Crippen LogP contribution in [0, 0.1) is 0 Å². The van der Waals surface area contributed by atoms with Crippen molar-refractivity contribution >= 4 is 22.9 Å². The lowest BCUT2D eigenvalue weighted by Crippen LogP contribution is -2.35. The minimum atomic E-state index is 0.262. The van der Waals surface area contributed by atoms with Crippen LogP contribution in [-0.2, 0) is 0 Å². The van der Waals surface area contributed by atoms with Crippen molar-refractivity contribution in [1.29, 1.82) is 0 Å². The van der Waals surface area contributed by atoms with Gasteiger partial charge in [0.2, 0.25) is 0 Å². The van der Waals surface area contributed by atoms with Gasteiger partial charge in [0.15, 0.2) is 0 Å². The van der Waals surface area contributed by atoms with E-state index in [2.05, 4.69) is 53.5 Å². The van der Waals surface area contributed by atoms with Gasteiger partial charge in [-0.2, -0.15) is 0 Å². The van der Waals surface area contributed by atoms with Crippen molar-refractivity contribution in [3.63, 3.8) is 0 Å². The van der Waals surface area contributed by atoms with E-state index in [-0.39, 0.29) is 6.04 Å². The summed E-state index contributed by atoms with van der Waals surface area (Å²) in [6.45, 7) is 5.23. The normalized spacial score (nSPS) is 18.4. The predicted molar refractivity (Wildman–Crippen MR) is 87.5 cm³/mol. The van der Waals surface area contributed by atoms with Crippen LogP contribution in [0.25, 0.3) is 11.3 Å². The first-order valence-corrected chi connectivity index (χ1v) is 7.52. The average Bonchev–Trinajstić information content (AvgIpc) is 2.85. The lowest BCUT2D eigenvalue weighted by Gasteiger charge is -2.21. The Bertz CT molecular complexity index is 649. The van der Waals surface area contributed by atoms with Crippen LogP contribution in [0.2, 0.25) is 5.02 Å². The lowest BCUT2D eigenvalue weighted by molar-refractivity contribution is 0.311. The Kier molecular flexibility index (Phi) is 3.95. The molecule has 3 nitrogen and oxygen atoms in total. The highest BCUT2D eigenvalue weighted by Crippen LogP contribution is 2.35. The second-order valence-corrected chi connectivity index (χ2v) is 5.54. The molecule has 108 valence electrons. The number of rotatable bonds is 3. The fraction of sp³-hybridized carbons (Fsp3) is 0.235. The number of benzene rings is 1. The Morgan fingerprint density at radius 2 is 1.76 bits per heavy atom. The second kappa shape index (κ2) is 5.88. The third-order valence-electron chi connectivity index (χ3n) is 3.73. The largest absolute Gasteiger partial charge is 0.307 e. The van der Waals surface area contributed by atoms with E-state index in [0.29, 0.717) is 0 Å². The molecular weight excluding hydrogens is 282 g/mol. The van der Waals surface area contributed by atoms with E-state index in [0.717, 1.165) is 11.6 Å². The van der Waals surface area contributed by atoms with Gasteiger partial charge < -0.3 is 5.01 Å². The van der Waals surface area contributed by atoms with Gasteiger partial charge in [0.25, 0.3) is 0 Å². The number of hydrazine groups is 1. The van der Waals surface area contributed by atoms with E-state index < -0.39 is 0 Å². The summed E-state index contributed by atoms with van der Waals surface area (Å²) in [5.74, 6) is 0. The zero-order chi connectivity index (χ0) is 14.8. The molecule has 1 aliphatic rings. The number of hydrogen-bond acceptors (Lipinski definition) is 3. The van der Waals surface area contributed by atoms with Gasteiger partial charge in [0.05, 0.1) is 11.7 Å². The standard InChI is InChI=1S/C17H18ClN3/c1-3-21-17(14-4-6-15(18)7-5-14)16(12(2)20-21)13-8-10-19-11-9-13/h4-12,20H,3H2,1-2H3. The van der Waals surface area contributed by atoms with E-state index in [1.807, 2.05) is 24.5 Å². The van der Waals surface area contributed by atoms with Crippen LogP contribution in [0.5, 0.6) is 0 Å². The summed E-state index contributed by atoms with van der Waals surface area (Å²) in [7, 11) is 0. The summed E-state index contributed by atoms with van der Waals surface area (Å²) < 4.78 is 0. The van der Waals surface area contributed by atoms with Gasteiger partial charge in [-0.3, -0.25) is 4.98 Å². The monoisotopic (exact) mass is 299 g/mol. The van der Waals surface area contributed by atoms with E-state index in [1.165, 1.54) is 22.4 Å². The van der Waals surface area contributed by atoms with Gasteiger partial charge in [0.1, 0.15) is 0 Å². The zero-order valence-electron chi connectivity index (χ0n) is 12.2. The van der Waals surface area contributed by atoms with Gasteiger partial charge >= 0.3 is 0 Å². The summed E-state index contributed by atoms with van der Waals surface area (Å²) in [6.07, 6.45) is 3.67. The van der Waals surface area contributed by atoms with Crippen LogP contribution in [0.1, 0.15) is 25.0 Å². The first-order chi connectivity index (χ1) is 10.2. The van der Waals surface area contributed by atoms with E-state index >= 15 is 0 Å². The van der Waals surface area contributed by atoms with Gasteiger partial charge in [-0.05, 0) is 49.2 Å². The smallest absolute Gasteiger partial charge is 0.0646 e. The van der Waals surface area contributed by atoms with Gasteiger partial charge in [-0.1, -0.05) is 23.7 Å². The molecule has 0 aliphatic carbocycles. The Morgan fingerprint density at radius 1 is 1.10 bits per heavy atom. The molecule has 1 N–H and O–H groups in total. The molecule has 0 radical (unpaired) electrons. The molecule has 1 atom stereocenters. The van der Waals surface area contributed by atoms with Crippen LogP contribution >= 0.6 is 11.6 Å². The maximum Gasteiger partial charge on any atom is 0.0646 e. The summed E-state index contributed by atoms with van der Waals surface area (Å²) in [4.78, 5) is 4.12. The molecule has 0 fully saturated rings. The summed E-state index contributed by atoms with van der Waals surface area (Å²) in [5, 5.41) is 2.95. The van der Waals surface area contributed by atoms with E-state index in [1.54, 1.807) is 0 Å². The molecule has 3 rings (SSSR count). The van der Waals surface area contributed by atoms with Crippen LogP contribution < -0.4 is 5.43 Å². The third kappa shape index (κ3) is 2.67. The van der Waals surface area contributed by atoms with Crippen LogP contribution in [0.3, 0.4) is 0 Å². The van der Waals surface area contributed by atoms with E-state index in [9.17, 15) is 0 Å². The molecule has 0 amide bonds. The van der Waals surface area contributed by atoms with Gasteiger partial charge in [-0.15, -0.1) is 0 Å². The van der Waals surface area contributed by atoms with Crippen molar-refractivity contribution in [1.82, 2.24) is 15.4 Å². The average molecular weight is 300 g/mol. The number of nitrogens with one attached hydrogen (secondary N) is 1. The number of hydrogen-bond donors (Lipinski definition) is 1. The summed E-state index contributed by atoms with van der Waals surface area (Å²) in [5.41, 5.74) is 8.40. The molecular formula is C17H18ClN3. The number of aromatic nitrogens is 1. The van der Waals surface area contributed by atoms with E-state index in [4.69, 9.17) is 11.6 Å². The number of nitrogens with zero attached hydrogens (tertiary/aromatic N) is 2. The highest BCUT2D eigenvalue weighted by molar-refractivity contribution is 6.30. The highest BCUT2D eigenvalue weighted by Gasteiger charge is 2.29. The van der Waals surface area contributed by atoms with Crippen LogP contribution in [-0.4, -0.2) is 22.6 Å². The topological polar surface area (TPSA) is 28.2 Å². The fourth-order valence-electron chi connectivity index (χ4n) is 2.80. The minimum absolute atomic E-state index is 0.262. The molecule has 1 aliphatic heterocycles. The number of halogens is 1. The molecule has 1 aromatic heterocycles. The minimum Gasteiger partial charge on any atom is -0.307 e. The molecule has 1 unspecified atom stereocenters. The van der Waals surface area contributed by atoms with Crippen molar-refractivity contribution in [2.24, 2.45) is 0 Å². The van der Waals surface area contributed by atoms with Crippen molar-refractivity contribution in [2.75, 3.05) is 6.54 Å². The summed E-state index contributed by atoms with van der Waals surface area (Å²) >= 11 is 6.02. The van der Waals surface area contributed by atoms with Crippen LogP contribution in [0.15, 0.2) is 48.8 Å². The molecule has 0 saturated heterocycles. The van der Waals surface area contributed by atoms with Crippen molar-refractivity contribution < 1.29 is 0 Å². The van der Waals surface area contributed by atoms with Gasteiger partial charge in [0, 0.05) is 29.5 Å². The second-order valence-electron chi connectivity index (χ2n) is 5.10. The maximum absolute atomic E-state index is 6.02. The van der Waals surface area contributed by atoms with Crippen molar-refractivity contribution in [3.05, 3.63) is 64.9 Å². The summed E-state index contributed by atoms with van der Waals surface area (Å²) in [6, 6.07) is 12.4. The predicted octanol–water partition coefficient (Wildman–Crippen LogP) is 3.83. The fourth-order valence-corrected chi connectivity index (χ4v) is 2.93. The molecule has 1 aromatic carbocycles. The third-order valence-corrected chi connectivity index (χ3v) is 3.98. The SMILES string of the molecule is CCN1NC(C)C(c2ccncc2)=C1c1ccc(Cl)cc1.